The molecule has 0 fully saturated rings. The minimum atomic E-state index is -0.732. The second-order valence-corrected chi connectivity index (χ2v) is 7.62. The molecule has 0 aliphatic heterocycles. The number of hydrogen-bond donors (Lipinski definition) is 1. The molecule has 0 radical (unpaired) electrons. The zero-order valence-corrected chi connectivity index (χ0v) is 18.8. The van der Waals surface area contributed by atoms with E-state index in [4.69, 9.17) is 14.2 Å². The third-order valence-electron chi connectivity index (χ3n) is 4.94. The van der Waals surface area contributed by atoms with Crippen LogP contribution in [0.3, 0.4) is 0 Å². The fraction of sp³-hybridized carbons (Fsp3) is 0.130. The summed E-state index contributed by atoms with van der Waals surface area (Å²) in [5, 5.41) is 4.41. The van der Waals surface area contributed by atoms with Crippen LogP contribution in [0, 0.1) is 0 Å². The summed E-state index contributed by atoms with van der Waals surface area (Å²) in [5.41, 5.74) is 0.870. The van der Waals surface area contributed by atoms with E-state index in [1.54, 1.807) is 0 Å². The number of carbonyl (C=O) groups is 2. The van der Waals surface area contributed by atoms with Crippen LogP contribution in [-0.4, -0.2) is 42.6 Å². The number of ether oxygens (including phenoxy) is 3. The van der Waals surface area contributed by atoms with Crippen LogP contribution in [0.1, 0.15) is 20.7 Å². The van der Waals surface area contributed by atoms with Gasteiger partial charge in [0, 0.05) is 23.7 Å². The standard InChI is InChI=1S/C23H19N3O6S/c1-30-18-9-14(22(29)32-3)16(10-19(18)31-2)25-20(27)15-11-24-23-26(21(15)28)17(12-33-23)13-7-5-4-6-8-13/h4-12H,1-3H3,(H,25,27). The van der Waals surface area contributed by atoms with Crippen LogP contribution >= 0.6 is 11.3 Å². The van der Waals surface area contributed by atoms with Crippen molar-refractivity contribution >= 4 is 33.9 Å². The molecule has 2 aromatic carbocycles. The molecule has 33 heavy (non-hydrogen) atoms. The van der Waals surface area contributed by atoms with Gasteiger partial charge in [-0.15, -0.1) is 11.3 Å². The molecule has 0 aliphatic carbocycles. The number of benzene rings is 2. The zero-order chi connectivity index (χ0) is 23.5. The Labute approximate surface area is 192 Å². The number of hydrogen-bond acceptors (Lipinski definition) is 8. The summed E-state index contributed by atoms with van der Waals surface area (Å²) in [6, 6.07) is 12.1. The molecule has 0 unspecified atom stereocenters. The minimum Gasteiger partial charge on any atom is -0.493 e. The van der Waals surface area contributed by atoms with Gasteiger partial charge in [-0.3, -0.25) is 14.0 Å². The van der Waals surface area contributed by atoms with Gasteiger partial charge in [-0.2, -0.15) is 0 Å². The van der Waals surface area contributed by atoms with Crippen LogP contribution in [0.2, 0.25) is 0 Å². The second kappa shape index (κ2) is 9.13. The first-order valence-corrected chi connectivity index (χ1v) is 10.6. The highest BCUT2D eigenvalue weighted by Crippen LogP contribution is 2.34. The number of amides is 1. The van der Waals surface area contributed by atoms with Gasteiger partial charge in [0.05, 0.1) is 38.3 Å². The summed E-state index contributed by atoms with van der Waals surface area (Å²) >= 11 is 1.29. The first-order chi connectivity index (χ1) is 16.0. The van der Waals surface area contributed by atoms with Gasteiger partial charge in [0.25, 0.3) is 11.5 Å². The molecule has 0 atom stereocenters. The maximum atomic E-state index is 13.2. The number of rotatable bonds is 6. The molecule has 1 N–H and O–H groups in total. The van der Waals surface area contributed by atoms with Gasteiger partial charge in [0.1, 0.15) is 5.56 Å². The van der Waals surface area contributed by atoms with Crippen molar-refractivity contribution in [3.63, 3.8) is 0 Å². The first-order valence-electron chi connectivity index (χ1n) is 9.68. The monoisotopic (exact) mass is 465 g/mol. The van der Waals surface area contributed by atoms with Crippen LogP contribution in [0.4, 0.5) is 5.69 Å². The lowest BCUT2D eigenvalue weighted by molar-refractivity contribution is 0.0601. The van der Waals surface area contributed by atoms with E-state index in [0.717, 1.165) is 5.56 Å². The van der Waals surface area contributed by atoms with Gasteiger partial charge >= 0.3 is 5.97 Å². The Bertz CT molecular complexity index is 1410. The van der Waals surface area contributed by atoms with Crippen molar-refractivity contribution < 1.29 is 23.8 Å². The van der Waals surface area contributed by atoms with E-state index in [2.05, 4.69) is 10.3 Å². The maximum absolute atomic E-state index is 13.2. The fourth-order valence-electron chi connectivity index (χ4n) is 3.31. The summed E-state index contributed by atoms with van der Waals surface area (Å²) in [5.74, 6) is -0.856. The topological polar surface area (TPSA) is 108 Å². The Kier molecular flexibility index (Phi) is 6.09. The predicted molar refractivity (Wildman–Crippen MR) is 124 cm³/mol. The van der Waals surface area contributed by atoms with E-state index in [0.29, 0.717) is 10.7 Å². The van der Waals surface area contributed by atoms with Crippen LogP contribution in [-0.2, 0) is 4.74 Å². The van der Waals surface area contributed by atoms with Crippen LogP contribution < -0.4 is 20.3 Å². The molecule has 4 aromatic rings. The molecule has 10 heteroatoms. The lowest BCUT2D eigenvalue weighted by Gasteiger charge is -2.14. The Morgan fingerprint density at radius 2 is 1.70 bits per heavy atom. The first kappa shape index (κ1) is 22.0. The second-order valence-electron chi connectivity index (χ2n) is 6.78. The van der Waals surface area contributed by atoms with Gasteiger partial charge in [-0.25, -0.2) is 9.78 Å². The third-order valence-corrected chi connectivity index (χ3v) is 5.78. The number of carbonyl (C=O) groups excluding carboxylic acids is 2. The van der Waals surface area contributed by atoms with Crippen LogP contribution in [0.15, 0.2) is 58.8 Å². The molecule has 0 bridgehead atoms. The average Bonchev–Trinajstić information content (AvgIpc) is 3.29. The van der Waals surface area contributed by atoms with Gasteiger partial charge in [-0.1, -0.05) is 30.3 Å². The maximum Gasteiger partial charge on any atom is 0.340 e. The SMILES string of the molecule is COC(=O)c1cc(OC)c(OC)cc1NC(=O)c1cnc2scc(-c3ccccc3)n2c1=O. The van der Waals surface area contributed by atoms with Crippen molar-refractivity contribution in [2.75, 3.05) is 26.6 Å². The van der Waals surface area contributed by atoms with E-state index in [9.17, 15) is 14.4 Å². The normalized spacial score (nSPS) is 10.6. The summed E-state index contributed by atoms with van der Waals surface area (Å²) in [7, 11) is 4.06. The smallest absolute Gasteiger partial charge is 0.340 e. The van der Waals surface area contributed by atoms with Gasteiger partial charge in [-0.05, 0) is 5.56 Å². The largest absolute Gasteiger partial charge is 0.493 e. The molecular weight excluding hydrogens is 446 g/mol. The van der Waals surface area contributed by atoms with Gasteiger partial charge in [0.2, 0.25) is 0 Å². The molecule has 0 aliphatic rings. The molecule has 0 saturated heterocycles. The molecule has 2 aromatic heterocycles. The zero-order valence-electron chi connectivity index (χ0n) is 17.9. The van der Waals surface area contributed by atoms with Gasteiger partial charge in [0.15, 0.2) is 16.5 Å². The predicted octanol–water partition coefficient (Wildman–Crippen LogP) is 3.48. The number of esters is 1. The molecule has 9 nitrogen and oxygen atoms in total. The Morgan fingerprint density at radius 1 is 1.00 bits per heavy atom. The van der Waals surface area contributed by atoms with E-state index >= 15 is 0 Å². The minimum absolute atomic E-state index is 0.0400. The Hall–Kier alpha value is -4.18. The van der Waals surface area contributed by atoms with Crippen LogP contribution in [0.5, 0.6) is 11.5 Å². The highest BCUT2D eigenvalue weighted by molar-refractivity contribution is 7.15. The Morgan fingerprint density at radius 3 is 2.36 bits per heavy atom. The number of aromatic nitrogens is 2. The fourth-order valence-corrected chi connectivity index (χ4v) is 4.17. The molecule has 0 spiro atoms. The summed E-state index contributed by atoms with van der Waals surface area (Å²) in [6.07, 6.45) is 1.22. The van der Waals surface area contributed by atoms with Crippen molar-refractivity contribution in [2.24, 2.45) is 0 Å². The molecule has 4 rings (SSSR count). The van der Waals surface area contributed by atoms with Crippen molar-refractivity contribution in [1.29, 1.82) is 0 Å². The number of nitrogens with zero attached hydrogens (tertiary/aromatic N) is 2. The molecular formula is C23H19N3O6S. The van der Waals surface area contributed by atoms with E-state index in [1.807, 2.05) is 35.7 Å². The number of anilines is 1. The van der Waals surface area contributed by atoms with Crippen LogP contribution in [0.25, 0.3) is 16.2 Å². The Balaban J connectivity index is 1.78. The quantitative estimate of drug-likeness (QED) is 0.434. The summed E-state index contributed by atoms with van der Waals surface area (Å²) < 4.78 is 16.7. The lowest BCUT2D eigenvalue weighted by Crippen LogP contribution is -2.27. The van der Waals surface area contributed by atoms with E-state index < -0.39 is 17.4 Å². The highest BCUT2D eigenvalue weighted by atomic mass is 32.1. The van der Waals surface area contributed by atoms with Crippen molar-refractivity contribution in [3.8, 4) is 22.8 Å². The highest BCUT2D eigenvalue weighted by Gasteiger charge is 2.22. The van der Waals surface area contributed by atoms with Gasteiger partial charge < -0.3 is 19.5 Å². The summed E-state index contributed by atoms with van der Waals surface area (Å²) in [4.78, 5) is 43.3. The third kappa shape index (κ3) is 4.03. The van der Waals surface area contributed by atoms with E-state index in [1.165, 1.54) is 55.4 Å². The molecule has 1 amide bonds. The van der Waals surface area contributed by atoms with E-state index in [-0.39, 0.29) is 28.3 Å². The lowest BCUT2D eigenvalue weighted by atomic mass is 10.1. The number of fused-ring (bicyclic) bond motifs is 1. The van der Waals surface area contributed by atoms with Crippen molar-refractivity contribution in [1.82, 2.24) is 9.38 Å². The number of methoxy groups -OCH3 is 3. The van der Waals surface area contributed by atoms with Crippen molar-refractivity contribution in [2.45, 2.75) is 0 Å². The number of thiazole rings is 1. The molecule has 168 valence electrons. The molecule has 0 saturated carbocycles. The van der Waals surface area contributed by atoms with Crippen molar-refractivity contribution in [3.05, 3.63) is 75.5 Å². The average molecular weight is 465 g/mol. The summed E-state index contributed by atoms with van der Waals surface area (Å²) in [6.45, 7) is 0. The number of nitrogens with one attached hydrogen (secondary N) is 1. The molecule has 2 heterocycles.